The predicted molar refractivity (Wildman–Crippen MR) is 124 cm³/mol. The maximum Gasteiger partial charge on any atom is 0.139 e. The highest BCUT2D eigenvalue weighted by Crippen LogP contribution is 2.19. The molecular formula is C27H33B. The van der Waals surface area contributed by atoms with Crippen LogP contribution in [0.1, 0.15) is 36.0 Å². The Labute approximate surface area is 172 Å². The predicted octanol–water partition coefficient (Wildman–Crippen LogP) is 7.38. The van der Waals surface area contributed by atoms with Gasteiger partial charge in [-0.25, -0.2) is 0 Å². The van der Waals surface area contributed by atoms with Crippen molar-refractivity contribution in [1.29, 1.82) is 0 Å². The average molecular weight is 368 g/mol. The Morgan fingerprint density at radius 2 is 0.679 bits per heavy atom. The fourth-order valence-corrected chi connectivity index (χ4v) is 4.15. The third-order valence-electron chi connectivity index (χ3n) is 5.76. The number of hydrogen-bond donors (Lipinski definition) is 0. The molecule has 0 amide bonds. The lowest BCUT2D eigenvalue weighted by atomic mass is 9.41. The highest BCUT2D eigenvalue weighted by Gasteiger charge is 2.13. The molecule has 0 aliphatic heterocycles. The summed E-state index contributed by atoms with van der Waals surface area (Å²) in [6.45, 7) is 0.858. The molecule has 0 saturated carbocycles. The van der Waals surface area contributed by atoms with E-state index in [1.54, 1.807) is 0 Å². The molecule has 0 N–H and O–H groups in total. The first-order valence-electron chi connectivity index (χ1n) is 11.0. The van der Waals surface area contributed by atoms with Crippen molar-refractivity contribution in [2.24, 2.45) is 0 Å². The van der Waals surface area contributed by atoms with E-state index in [0.717, 1.165) is 6.71 Å². The molecule has 0 saturated heterocycles. The third-order valence-corrected chi connectivity index (χ3v) is 5.76. The lowest BCUT2D eigenvalue weighted by Crippen LogP contribution is -2.13. The van der Waals surface area contributed by atoms with Gasteiger partial charge in [-0.05, 0) is 36.0 Å². The molecule has 144 valence electrons. The number of rotatable bonds is 12. The molecule has 0 aromatic heterocycles. The molecule has 3 aromatic rings. The number of benzene rings is 3. The molecule has 0 aliphatic carbocycles. The zero-order chi connectivity index (χ0) is 19.3. The van der Waals surface area contributed by atoms with E-state index in [-0.39, 0.29) is 0 Å². The summed E-state index contributed by atoms with van der Waals surface area (Å²) >= 11 is 0. The van der Waals surface area contributed by atoms with Crippen LogP contribution < -0.4 is 0 Å². The van der Waals surface area contributed by atoms with Gasteiger partial charge in [0.15, 0.2) is 0 Å². The van der Waals surface area contributed by atoms with Gasteiger partial charge in [0.05, 0.1) is 0 Å². The molecule has 3 rings (SSSR count). The van der Waals surface area contributed by atoms with Crippen LogP contribution >= 0.6 is 0 Å². The second kappa shape index (κ2) is 12.2. The standard InChI is InChI=1S/C27H33B/c1-4-13-25(14-5-1)19-10-22-28(23-11-20-26-15-6-2-7-16-26)24-12-21-27-17-8-3-9-18-27/h1-9,13-18H,10-12,19-24H2. The second-order valence-electron chi connectivity index (χ2n) is 8.00. The molecule has 1 heteroatoms. The lowest BCUT2D eigenvalue weighted by molar-refractivity contribution is 0.840. The monoisotopic (exact) mass is 368 g/mol. The van der Waals surface area contributed by atoms with Crippen molar-refractivity contribution in [2.45, 2.75) is 57.5 Å². The van der Waals surface area contributed by atoms with Crippen LogP contribution in [0, 0.1) is 0 Å². The Kier molecular flexibility index (Phi) is 8.94. The van der Waals surface area contributed by atoms with E-state index in [0.29, 0.717) is 0 Å². The van der Waals surface area contributed by atoms with Crippen LogP contribution in [0.3, 0.4) is 0 Å². The van der Waals surface area contributed by atoms with Crippen molar-refractivity contribution < 1.29 is 0 Å². The van der Waals surface area contributed by atoms with E-state index in [9.17, 15) is 0 Å². The minimum Gasteiger partial charge on any atom is -0.0738 e. The minimum atomic E-state index is 0.858. The van der Waals surface area contributed by atoms with Gasteiger partial charge in [0, 0.05) is 0 Å². The van der Waals surface area contributed by atoms with Gasteiger partial charge in [-0.2, -0.15) is 0 Å². The molecule has 0 aliphatic rings. The molecule has 0 bridgehead atoms. The Balaban J connectivity index is 1.44. The SMILES string of the molecule is c1ccc(CCCB(CCCc2ccccc2)CCCc2ccccc2)cc1. The number of hydrogen-bond acceptors (Lipinski definition) is 0. The molecule has 0 unspecified atom stereocenters. The van der Waals surface area contributed by atoms with Crippen molar-refractivity contribution in [3.63, 3.8) is 0 Å². The number of aryl methyl sites for hydroxylation is 3. The molecule has 0 spiro atoms. The minimum absolute atomic E-state index is 0.858. The van der Waals surface area contributed by atoms with Gasteiger partial charge in [-0.1, -0.05) is 129 Å². The normalized spacial score (nSPS) is 10.7. The molecule has 0 nitrogen and oxygen atoms in total. The molecule has 0 fully saturated rings. The first-order valence-corrected chi connectivity index (χ1v) is 11.0. The van der Waals surface area contributed by atoms with Crippen molar-refractivity contribution in [2.75, 3.05) is 0 Å². The average Bonchev–Trinajstić information content (AvgIpc) is 2.76. The van der Waals surface area contributed by atoms with Crippen LogP contribution in [0.5, 0.6) is 0 Å². The summed E-state index contributed by atoms with van der Waals surface area (Å²) in [6.07, 6.45) is 11.7. The van der Waals surface area contributed by atoms with Crippen LogP contribution in [0.2, 0.25) is 19.0 Å². The van der Waals surface area contributed by atoms with E-state index in [2.05, 4.69) is 91.0 Å². The van der Waals surface area contributed by atoms with Crippen LogP contribution in [0.25, 0.3) is 0 Å². The van der Waals surface area contributed by atoms with E-state index < -0.39 is 0 Å². The van der Waals surface area contributed by atoms with Crippen LogP contribution in [-0.4, -0.2) is 6.71 Å². The van der Waals surface area contributed by atoms with Crippen LogP contribution in [0.15, 0.2) is 91.0 Å². The van der Waals surface area contributed by atoms with Crippen LogP contribution in [0.4, 0.5) is 0 Å². The van der Waals surface area contributed by atoms with E-state index >= 15 is 0 Å². The molecule has 3 aromatic carbocycles. The zero-order valence-corrected chi connectivity index (χ0v) is 17.1. The zero-order valence-electron chi connectivity index (χ0n) is 17.1. The summed E-state index contributed by atoms with van der Waals surface area (Å²) in [5.41, 5.74) is 4.44. The van der Waals surface area contributed by atoms with E-state index in [1.165, 1.54) is 74.2 Å². The molecule has 28 heavy (non-hydrogen) atoms. The maximum absolute atomic E-state index is 2.26. The lowest BCUT2D eigenvalue weighted by Gasteiger charge is -2.14. The molecule has 0 atom stereocenters. The van der Waals surface area contributed by atoms with Crippen molar-refractivity contribution >= 4 is 6.71 Å². The fraction of sp³-hybridized carbons (Fsp3) is 0.333. The summed E-state index contributed by atoms with van der Waals surface area (Å²) in [5, 5.41) is 0. The van der Waals surface area contributed by atoms with Gasteiger partial charge < -0.3 is 0 Å². The quantitative estimate of drug-likeness (QED) is 0.293. The fourth-order valence-electron chi connectivity index (χ4n) is 4.15. The Morgan fingerprint density at radius 3 is 0.964 bits per heavy atom. The van der Waals surface area contributed by atoms with Crippen molar-refractivity contribution in [1.82, 2.24) is 0 Å². The smallest absolute Gasteiger partial charge is 0.0738 e. The second-order valence-corrected chi connectivity index (χ2v) is 8.00. The largest absolute Gasteiger partial charge is 0.139 e. The Morgan fingerprint density at radius 1 is 0.393 bits per heavy atom. The van der Waals surface area contributed by atoms with E-state index in [4.69, 9.17) is 0 Å². The molecule has 0 heterocycles. The summed E-state index contributed by atoms with van der Waals surface area (Å²) in [4.78, 5) is 0. The van der Waals surface area contributed by atoms with Crippen molar-refractivity contribution in [3.8, 4) is 0 Å². The van der Waals surface area contributed by atoms with Gasteiger partial charge >= 0.3 is 0 Å². The summed E-state index contributed by atoms with van der Waals surface area (Å²) < 4.78 is 0. The van der Waals surface area contributed by atoms with Gasteiger partial charge in [-0.15, -0.1) is 0 Å². The third kappa shape index (κ3) is 7.76. The maximum atomic E-state index is 2.26. The van der Waals surface area contributed by atoms with Gasteiger partial charge in [0.25, 0.3) is 0 Å². The highest BCUT2D eigenvalue weighted by atomic mass is 14.0. The van der Waals surface area contributed by atoms with Gasteiger partial charge in [0.1, 0.15) is 6.71 Å². The molecule has 0 radical (unpaired) electrons. The van der Waals surface area contributed by atoms with Gasteiger partial charge in [-0.3, -0.25) is 0 Å². The molecular weight excluding hydrogens is 335 g/mol. The summed E-state index contributed by atoms with van der Waals surface area (Å²) in [5.74, 6) is 0. The topological polar surface area (TPSA) is 0 Å². The Hall–Kier alpha value is -2.28. The van der Waals surface area contributed by atoms with Crippen molar-refractivity contribution in [3.05, 3.63) is 108 Å². The first-order chi connectivity index (χ1) is 13.9. The van der Waals surface area contributed by atoms with Gasteiger partial charge in [0.2, 0.25) is 0 Å². The Bertz CT molecular complexity index is 644. The highest BCUT2D eigenvalue weighted by molar-refractivity contribution is 6.58. The summed E-state index contributed by atoms with van der Waals surface area (Å²) in [6, 6.07) is 32.9. The first kappa shape index (κ1) is 20.5. The van der Waals surface area contributed by atoms with Crippen LogP contribution in [-0.2, 0) is 19.3 Å². The van der Waals surface area contributed by atoms with E-state index in [1.807, 2.05) is 0 Å². The summed E-state index contributed by atoms with van der Waals surface area (Å²) in [7, 11) is 0.